The van der Waals surface area contributed by atoms with Crippen molar-refractivity contribution < 1.29 is 10.2 Å². The van der Waals surface area contributed by atoms with E-state index in [1.54, 1.807) is 6.07 Å². The Bertz CT molecular complexity index is 356. The molecule has 102 valence electrons. The van der Waals surface area contributed by atoms with Crippen molar-refractivity contribution in [2.75, 3.05) is 26.2 Å². The molecule has 0 aromatic heterocycles. The lowest BCUT2D eigenvalue weighted by molar-refractivity contribution is 0.287. The van der Waals surface area contributed by atoms with E-state index < -0.39 is 0 Å². The van der Waals surface area contributed by atoms with Gasteiger partial charge in [0.15, 0.2) is 11.5 Å². The summed E-state index contributed by atoms with van der Waals surface area (Å²) in [6, 6.07) is 5.03. The molecule has 0 bridgehead atoms. The molecular formula is C14H24N2O2. The van der Waals surface area contributed by atoms with Gasteiger partial charge < -0.3 is 20.4 Å². The fourth-order valence-corrected chi connectivity index (χ4v) is 1.92. The van der Waals surface area contributed by atoms with Crippen LogP contribution in [-0.4, -0.2) is 41.3 Å². The van der Waals surface area contributed by atoms with Gasteiger partial charge in [0.2, 0.25) is 0 Å². The topological polar surface area (TPSA) is 55.7 Å². The Kier molecular flexibility index (Phi) is 6.54. The molecule has 0 atom stereocenters. The highest BCUT2D eigenvalue weighted by Crippen LogP contribution is 2.27. The minimum atomic E-state index is -0.0598. The van der Waals surface area contributed by atoms with Crippen molar-refractivity contribution in [2.45, 2.75) is 26.8 Å². The van der Waals surface area contributed by atoms with E-state index in [0.29, 0.717) is 6.54 Å². The summed E-state index contributed by atoms with van der Waals surface area (Å²) in [6.07, 6.45) is 1.17. The molecule has 0 aliphatic carbocycles. The molecule has 0 unspecified atom stereocenters. The monoisotopic (exact) mass is 252 g/mol. The van der Waals surface area contributed by atoms with Gasteiger partial charge in [0.25, 0.3) is 0 Å². The van der Waals surface area contributed by atoms with Gasteiger partial charge >= 0.3 is 0 Å². The fourth-order valence-electron chi connectivity index (χ4n) is 1.92. The molecule has 0 aliphatic rings. The molecule has 1 aromatic carbocycles. The number of nitrogens with zero attached hydrogens (tertiary/aromatic N) is 1. The number of phenolic OH excluding ortho intramolecular Hbond substituents is 2. The molecule has 4 heteroatoms. The lowest BCUT2D eigenvalue weighted by atomic mass is 10.2. The maximum atomic E-state index is 9.64. The molecule has 1 rings (SSSR count). The van der Waals surface area contributed by atoms with Gasteiger partial charge in [0, 0.05) is 25.2 Å². The SMILES string of the molecule is CCCN(CC)CCNCc1cccc(O)c1O. The third-order valence-corrected chi connectivity index (χ3v) is 3.01. The Morgan fingerprint density at radius 3 is 2.61 bits per heavy atom. The molecule has 0 amide bonds. The molecule has 0 heterocycles. The molecule has 3 N–H and O–H groups in total. The first-order valence-corrected chi connectivity index (χ1v) is 6.61. The second kappa shape index (κ2) is 7.95. The summed E-state index contributed by atoms with van der Waals surface area (Å²) in [5.41, 5.74) is 0.730. The molecule has 1 aromatic rings. The minimum absolute atomic E-state index is 0.0223. The van der Waals surface area contributed by atoms with Crippen molar-refractivity contribution in [1.29, 1.82) is 0 Å². The number of rotatable bonds is 8. The van der Waals surface area contributed by atoms with Crippen LogP contribution >= 0.6 is 0 Å². The van der Waals surface area contributed by atoms with Crippen LogP contribution in [0.3, 0.4) is 0 Å². The first-order valence-electron chi connectivity index (χ1n) is 6.61. The van der Waals surface area contributed by atoms with Gasteiger partial charge in [-0.05, 0) is 25.6 Å². The summed E-state index contributed by atoms with van der Waals surface area (Å²) in [7, 11) is 0. The van der Waals surface area contributed by atoms with Crippen LogP contribution < -0.4 is 5.32 Å². The fraction of sp³-hybridized carbons (Fsp3) is 0.571. The zero-order valence-electron chi connectivity index (χ0n) is 11.3. The molecule has 0 spiro atoms. The Balaban J connectivity index is 2.31. The number of hydrogen-bond acceptors (Lipinski definition) is 4. The minimum Gasteiger partial charge on any atom is -0.504 e. The number of benzene rings is 1. The lowest BCUT2D eigenvalue weighted by Gasteiger charge is -2.19. The Hall–Kier alpha value is -1.26. The Morgan fingerprint density at radius 1 is 1.17 bits per heavy atom. The highest BCUT2D eigenvalue weighted by Gasteiger charge is 2.05. The average molecular weight is 252 g/mol. The van der Waals surface area contributed by atoms with Crippen molar-refractivity contribution in [2.24, 2.45) is 0 Å². The van der Waals surface area contributed by atoms with Gasteiger partial charge in [-0.1, -0.05) is 26.0 Å². The zero-order chi connectivity index (χ0) is 13.4. The number of para-hydroxylation sites is 1. The number of nitrogens with one attached hydrogen (secondary N) is 1. The third kappa shape index (κ3) is 4.55. The van der Waals surface area contributed by atoms with Gasteiger partial charge in [-0.15, -0.1) is 0 Å². The Morgan fingerprint density at radius 2 is 1.94 bits per heavy atom. The van der Waals surface area contributed by atoms with Crippen LogP contribution in [-0.2, 0) is 6.54 Å². The normalized spacial score (nSPS) is 11.1. The Labute approximate surface area is 109 Å². The predicted octanol–water partition coefficient (Wildman–Crippen LogP) is 1.92. The lowest BCUT2D eigenvalue weighted by Crippen LogP contribution is -2.32. The molecule has 4 nitrogen and oxygen atoms in total. The van der Waals surface area contributed by atoms with Crippen molar-refractivity contribution in [3.8, 4) is 11.5 Å². The molecule has 0 fully saturated rings. The van der Waals surface area contributed by atoms with Crippen molar-refractivity contribution in [3.05, 3.63) is 23.8 Å². The second-order valence-electron chi connectivity index (χ2n) is 4.40. The van der Waals surface area contributed by atoms with E-state index in [-0.39, 0.29) is 11.5 Å². The van der Waals surface area contributed by atoms with Gasteiger partial charge in [-0.2, -0.15) is 0 Å². The molecule has 0 aliphatic heterocycles. The van der Waals surface area contributed by atoms with E-state index in [1.807, 2.05) is 6.07 Å². The summed E-state index contributed by atoms with van der Waals surface area (Å²) in [5, 5.41) is 22.3. The first-order chi connectivity index (χ1) is 8.69. The zero-order valence-corrected chi connectivity index (χ0v) is 11.3. The van der Waals surface area contributed by atoms with Gasteiger partial charge in [-0.25, -0.2) is 0 Å². The smallest absolute Gasteiger partial charge is 0.161 e. The first kappa shape index (κ1) is 14.8. The van der Waals surface area contributed by atoms with Crippen LogP contribution in [0.2, 0.25) is 0 Å². The van der Waals surface area contributed by atoms with E-state index in [0.717, 1.165) is 31.7 Å². The number of aromatic hydroxyl groups is 2. The van der Waals surface area contributed by atoms with Gasteiger partial charge in [-0.3, -0.25) is 0 Å². The molecule has 0 radical (unpaired) electrons. The second-order valence-corrected chi connectivity index (χ2v) is 4.40. The van der Waals surface area contributed by atoms with Crippen molar-refractivity contribution in [3.63, 3.8) is 0 Å². The van der Waals surface area contributed by atoms with E-state index in [4.69, 9.17) is 0 Å². The van der Waals surface area contributed by atoms with Crippen LogP contribution in [0.1, 0.15) is 25.8 Å². The predicted molar refractivity (Wildman–Crippen MR) is 73.9 cm³/mol. The van der Waals surface area contributed by atoms with Gasteiger partial charge in [0.1, 0.15) is 0 Å². The van der Waals surface area contributed by atoms with E-state index in [9.17, 15) is 10.2 Å². The number of phenols is 2. The van der Waals surface area contributed by atoms with E-state index in [1.165, 1.54) is 12.5 Å². The molecule has 0 saturated heterocycles. The van der Waals surface area contributed by atoms with Gasteiger partial charge in [0.05, 0.1) is 0 Å². The summed E-state index contributed by atoms with van der Waals surface area (Å²) >= 11 is 0. The molecule has 0 saturated carbocycles. The maximum absolute atomic E-state index is 9.64. The molecule has 18 heavy (non-hydrogen) atoms. The third-order valence-electron chi connectivity index (χ3n) is 3.01. The van der Waals surface area contributed by atoms with Crippen LogP contribution in [0.15, 0.2) is 18.2 Å². The highest BCUT2D eigenvalue weighted by atomic mass is 16.3. The van der Waals surface area contributed by atoms with Crippen LogP contribution in [0.5, 0.6) is 11.5 Å². The molecular weight excluding hydrogens is 228 g/mol. The van der Waals surface area contributed by atoms with E-state index in [2.05, 4.69) is 24.1 Å². The number of likely N-dealkylation sites (N-methyl/N-ethyl adjacent to an activating group) is 1. The van der Waals surface area contributed by atoms with Crippen LogP contribution in [0.4, 0.5) is 0 Å². The summed E-state index contributed by atoms with van der Waals surface area (Å²) in [6.45, 7) is 8.98. The summed E-state index contributed by atoms with van der Waals surface area (Å²) < 4.78 is 0. The van der Waals surface area contributed by atoms with E-state index >= 15 is 0 Å². The quantitative estimate of drug-likeness (QED) is 0.489. The number of hydrogen-bond donors (Lipinski definition) is 3. The highest BCUT2D eigenvalue weighted by molar-refractivity contribution is 5.44. The average Bonchev–Trinajstić information content (AvgIpc) is 2.38. The summed E-state index contributed by atoms with van der Waals surface area (Å²) in [4.78, 5) is 2.38. The summed E-state index contributed by atoms with van der Waals surface area (Å²) in [5.74, 6) is -0.0821. The standard InChI is InChI=1S/C14H24N2O2/c1-3-9-16(4-2)10-8-15-11-12-6-5-7-13(17)14(12)18/h5-7,15,17-18H,3-4,8-11H2,1-2H3. The largest absolute Gasteiger partial charge is 0.504 e. The van der Waals surface area contributed by atoms with Crippen molar-refractivity contribution in [1.82, 2.24) is 10.2 Å². The van der Waals surface area contributed by atoms with Crippen LogP contribution in [0, 0.1) is 0 Å². The van der Waals surface area contributed by atoms with Crippen molar-refractivity contribution >= 4 is 0 Å². The van der Waals surface area contributed by atoms with Crippen LogP contribution in [0.25, 0.3) is 0 Å². The maximum Gasteiger partial charge on any atom is 0.161 e.